The third kappa shape index (κ3) is 5.05. The molecule has 2 saturated heterocycles. The second kappa shape index (κ2) is 9.87. The van der Waals surface area contributed by atoms with E-state index in [1.54, 1.807) is 12.1 Å². The number of primary amides is 1. The molecule has 2 amide bonds. The molecule has 2 aromatic carbocycles. The molecule has 36 heavy (non-hydrogen) atoms. The predicted molar refractivity (Wildman–Crippen MR) is 135 cm³/mol. The van der Waals surface area contributed by atoms with Crippen molar-refractivity contribution in [2.75, 3.05) is 56.0 Å². The van der Waals surface area contributed by atoms with Gasteiger partial charge in [0.1, 0.15) is 17.3 Å². The molecule has 4 N–H and O–H groups in total. The Labute approximate surface area is 208 Å². The van der Waals surface area contributed by atoms with E-state index >= 15 is 0 Å². The van der Waals surface area contributed by atoms with Crippen LogP contribution in [0.4, 0.5) is 20.2 Å². The second-order valence-electron chi connectivity index (χ2n) is 9.66. The van der Waals surface area contributed by atoms with Crippen LogP contribution in [0.3, 0.4) is 0 Å². The first-order valence-corrected chi connectivity index (χ1v) is 12.2. The van der Waals surface area contributed by atoms with Gasteiger partial charge in [0.15, 0.2) is 0 Å². The third-order valence-corrected chi connectivity index (χ3v) is 7.17. The minimum atomic E-state index is -0.463. The molecule has 0 unspecified atom stereocenters. The first-order valence-electron chi connectivity index (χ1n) is 12.2. The van der Waals surface area contributed by atoms with Gasteiger partial charge in [0.05, 0.1) is 12.1 Å². The monoisotopic (exact) mass is 496 g/mol. The van der Waals surface area contributed by atoms with E-state index in [0.717, 1.165) is 51.3 Å². The maximum absolute atomic E-state index is 14.5. The number of carbonyl (C=O) groups excluding carboxylic acids is 2. The van der Waals surface area contributed by atoms with Gasteiger partial charge in [0.2, 0.25) is 5.91 Å². The van der Waals surface area contributed by atoms with Gasteiger partial charge in [-0.05, 0) is 49.2 Å². The van der Waals surface area contributed by atoms with Crippen molar-refractivity contribution in [2.24, 2.45) is 5.73 Å². The van der Waals surface area contributed by atoms with Crippen LogP contribution in [-0.4, -0.2) is 78.5 Å². The lowest BCUT2D eigenvalue weighted by molar-refractivity contribution is -0.119. The molecule has 0 saturated carbocycles. The Bertz CT molecular complexity index is 1260. The van der Waals surface area contributed by atoms with E-state index in [0.29, 0.717) is 28.3 Å². The highest BCUT2D eigenvalue weighted by Crippen LogP contribution is 2.28. The number of benzene rings is 2. The number of nitrogens with two attached hydrogens (primary N) is 1. The van der Waals surface area contributed by atoms with Crippen molar-refractivity contribution >= 4 is 34.1 Å². The van der Waals surface area contributed by atoms with Gasteiger partial charge in [0.25, 0.3) is 5.91 Å². The molecule has 0 aliphatic carbocycles. The normalized spacial score (nSPS) is 19.2. The first kappa shape index (κ1) is 24.2. The number of rotatable bonds is 6. The molecule has 3 heterocycles. The van der Waals surface area contributed by atoms with Gasteiger partial charge in [-0.15, -0.1) is 0 Å². The summed E-state index contributed by atoms with van der Waals surface area (Å²) in [5.41, 5.74) is 7.96. The fourth-order valence-corrected chi connectivity index (χ4v) is 5.26. The fraction of sp³-hybridized carbons (Fsp3) is 0.385. The van der Waals surface area contributed by atoms with Gasteiger partial charge < -0.3 is 20.9 Å². The maximum atomic E-state index is 14.5. The zero-order valence-electron chi connectivity index (χ0n) is 20.2. The van der Waals surface area contributed by atoms with Gasteiger partial charge in [-0.2, -0.15) is 0 Å². The number of piperazine rings is 1. The number of carbonyl (C=O) groups is 2. The molecule has 8 nitrogen and oxygen atoms in total. The van der Waals surface area contributed by atoms with Crippen LogP contribution in [0.1, 0.15) is 22.5 Å². The topological polar surface area (TPSA) is 97.7 Å². The summed E-state index contributed by atoms with van der Waals surface area (Å²) in [6.45, 7) is 6.98. The highest BCUT2D eigenvalue weighted by molar-refractivity contribution is 6.06. The number of anilines is 2. The Morgan fingerprint density at radius 3 is 2.58 bits per heavy atom. The lowest BCUT2D eigenvalue weighted by atomic mass is 10.1. The lowest BCUT2D eigenvalue weighted by Crippen LogP contribution is -2.52. The standard InChI is InChI=1S/C26H30F2N6O2/c1-16-2-3-22(28)21-13-23(31-25(16)21)26(36)30-18-10-17(27)11-20(12-18)34-5-4-19(14-34)33-8-6-32(7-9-33)15-24(29)35/h2-3,10-13,19,31H,4-9,14-15H2,1H3,(H2,29,35)(H,30,36)/t19-/m0/s1. The van der Waals surface area contributed by atoms with Crippen molar-refractivity contribution in [3.8, 4) is 0 Å². The summed E-state index contributed by atoms with van der Waals surface area (Å²) >= 11 is 0. The second-order valence-corrected chi connectivity index (χ2v) is 9.66. The molecule has 5 rings (SSSR count). The minimum Gasteiger partial charge on any atom is -0.370 e. The van der Waals surface area contributed by atoms with Crippen molar-refractivity contribution in [3.05, 3.63) is 59.3 Å². The summed E-state index contributed by atoms with van der Waals surface area (Å²) < 4.78 is 28.7. The Morgan fingerprint density at radius 2 is 1.86 bits per heavy atom. The molecule has 2 aliphatic rings. The largest absolute Gasteiger partial charge is 0.370 e. The molecule has 190 valence electrons. The van der Waals surface area contributed by atoms with Crippen LogP contribution in [0.15, 0.2) is 36.4 Å². The van der Waals surface area contributed by atoms with Gasteiger partial charge >= 0.3 is 0 Å². The van der Waals surface area contributed by atoms with E-state index in [2.05, 4.69) is 25.0 Å². The number of nitrogens with zero attached hydrogens (tertiary/aromatic N) is 3. The number of halogens is 2. The van der Waals surface area contributed by atoms with Crippen LogP contribution in [0.2, 0.25) is 0 Å². The number of fused-ring (bicyclic) bond motifs is 1. The van der Waals surface area contributed by atoms with Crippen molar-refractivity contribution in [1.82, 2.24) is 14.8 Å². The van der Waals surface area contributed by atoms with Crippen molar-refractivity contribution in [1.29, 1.82) is 0 Å². The molecule has 0 radical (unpaired) electrons. The minimum absolute atomic E-state index is 0.209. The van der Waals surface area contributed by atoms with Crippen LogP contribution in [0.25, 0.3) is 10.9 Å². The van der Waals surface area contributed by atoms with Crippen molar-refractivity contribution < 1.29 is 18.4 Å². The number of H-pyrrole nitrogens is 1. The molecule has 2 fully saturated rings. The zero-order valence-corrected chi connectivity index (χ0v) is 20.2. The maximum Gasteiger partial charge on any atom is 0.272 e. The SMILES string of the molecule is Cc1ccc(F)c2cc(C(=O)Nc3cc(F)cc(N4CC[C@H](N5CCN(CC(N)=O)CC5)C4)c3)[nH]c12. The summed E-state index contributed by atoms with van der Waals surface area (Å²) in [5, 5.41) is 3.09. The van der Waals surface area contributed by atoms with E-state index in [1.165, 1.54) is 24.3 Å². The molecule has 10 heteroatoms. The fourth-order valence-electron chi connectivity index (χ4n) is 5.26. The molecular formula is C26H30F2N6O2. The highest BCUT2D eigenvalue weighted by atomic mass is 19.1. The Morgan fingerprint density at radius 1 is 1.08 bits per heavy atom. The van der Waals surface area contributed by atoms with Crippen LogP contribution >= 0.6 is 0 Å². The average Bonchev–Trinajstić information content (AvgIpc) is 3.50. The number of hydrogen-bond donors (Lipinski definition) is 3. The number of aromatic amines is 1. The van der Waals surface area contributed by atoms with Gasteiger partial charge in [0, 0.05) is 62.1 Å². The summed E-state index contributed by atoms with van der Waals surface area (Å²) in [4.78, 5) is 33.6. The summed E-state index contributed by atoms with van der Waals surface area (Å²) in [7, 11) is 0. The van der Waals surface area contributed by atoms with Crippen LogP contribution in [0.5, 0.6) is 0 Å². The van der Waals surface area contributed by atoms with E-state index in [4.69, 9.17) is 5.73 Å². The molecule has 2 aliphatic heterocycles. The molecule has 3 aromatic rings. The molecular weight excluding hydrogens is 466 g/mol. The number of aryl methyl sites for hydroxylation is 1. The number of aromatic nitrogens is 1. The van der Waals surface area contributed by atoms with Gasteiger partial charge in [-0.1, -0.05) is 6.07 Å². The number of hydrogen-bond acceptors (Lipinski definition) is 5. The predicted octanol–water partition coefficient (Wildman–Crippen LogP) is 2.69. The lowest BCUT2D eigenvalue weighted by Gasteiger charge is -2.37. The smallest absolute Gasteiger partial charge is 0.272 e. The molecule has 1 aromatic heterocycles. The molecule has 1 atom stereocenters. The van der Waals surface area contributed by atoms with E-state index in [1.807, 2.05) is 6.92 Å². The van der Waals surface area contributed by atoms with E-state index in [9.17, 15) is 18.4 Å². The Hall–Kier alpha value is -3.50. The van der Waals surface area contributed by atoms with Crippen molar-refractivity contribution in [3.63, 3.8) is 0 Å². The zero-order chi connectivity index (χ0) is 25.4. The Kier molecular flexibility index (Phi) is 6.63. The number of amides is 2. The summed E-state index contributed by atoms with van der Waals surface area (Å²) in [6, 6.07) is 9.36. The number of nitrogens with one attached hydrogen (secondary N) is 2. The highest BCUT2D eigenvalue weighted by Gasteiger charge is 2.30. The quantitative estimate of drug-likeness (QED) is 0.488. The van der Waals surface area contributed by atoms with E-state index < -0.39 is 17.5 Å². The van der Waals surface area contributed by atoms with Crippen molar-refractivity contribution in [2.45, 2.75) is 19.4 Å². The third-order valence-electron chi connectivity index (χ3n) is 7.17. The van der Waals surface area contributed by atoms with Gasteiger partial charge in [-0.3, -0.25) is 19.4 Å². The van der Waals surface area contributed by atoms with Gasteiger partial charge in [-0.25, -0.2) is 8.78 Å². The molecule has 0 spiro atoms. The van der Waals surface area contributed by atoms with Crippen LogP contribution < -0.4 is 16.0 Å². The first-order chi connectivity index (χ1) is 17.3. The molecule has 0 bridgehead atoms. The average molecular weight is 497 g/mol. The summed E-state index contributed by atoms with van der Waals surface area (Å²) in [5.74, 6) is -1.62. The van der Waals surface area contributed by atoms with Crippen LogP contribution in [0, 0.1) is 18.6 Å². The van der Waals surface area contributed by atoms with Crippen LogP contribution in [-0.2, 0) is 4.79 Å². The summed E-state index contributed by atoms with van der Waals surface area (Å²) in [6.07, 6.45) is 0.952. The van der Waals surface area contributed by atoms with E-state index in [-0.39, 0.29) is 18.1 Å². The Balaban J connectivity index is 1.25.